The van der Waals surface area contributed by atoms with Crippen molar-refractivity contribution >= 4 is 13.6 Å². The van der Waals surface area contributed by atoms with E-state index in [0.717, 1.165) is 6.92 Å². The zero-order valence-electron chi connectivity index (χ0n) is 7.50. The second kappa shape index (κ2) is 11.0. The third-order valence-electron chi connectivity index (χ3n) is 0.364. The maximum Gasteiger partial charge on any atom is 1.00 e. The van der Waals surface area contributed by atoms with Crippen molar-refractivity contribution in [3.8, 4) is 0 Å². The van der Waals surface area contributed by atoms with Crippen LogP contribution in [-0.4, -0.2) is 27.2 Å². The molecule has 7 nitrogen and oxygen atoms in total. The standard InChI is InChI=1S/C3H6O3.2Li.H3O4P/c1-2(4)3(5)6;;;1-5(2,3)4/h3,5-6H,1H3;;;(H3,1,2,3,4)/q;2*+1;/p-2. The molecule has 0 aliphatic rings. The number of hydrogen-bond donors (Lipinski definition) is 3. The summed E-state index contributed by atoms with van der Waals surface area (Å²) in [5.41, 5.74) is 0. The Bertz CT molecular complexity index is 157. The van der Waals surface area contributed by atoms with Gasteiger partial charge in [-0.25, -0.2) is 0 Å². The zero-order valence-corrected chi connectivity index (χ0v) is 8.39. The van der Waals surface area contributed by atoms with Crippen LogP contribution < -0.4 is 47.5 Å². The monoisotopic (exact) mass is 200 g/mol. The molecular formula is C3H7Li2O7P. The summed E-state index contributed by atoms with van der Waals surface area (Å²) >= 11 is 0. The fraction of sp³-hybridized carbons (Fsp3) is 0.667. The Morgan fingerprint density at radius 2 is 1.38 bits per heavy atom. The van der Waals surface area contributed by atoms with E-state index in [0.29, 0.717) is 0 Å². The van der Waals surface area contributed by atoms with Gasteiger partial charge in [-0.05, 0) is 6.92 Å². The molecule has 0 aliphatic heterocycles. The Kier molecular flexibility index (Phi) is 19.9. The number of aliphatic hydroxyl groups excluding tert-OH is 1. The average Bonchev–Trinajstić information content (AvgIpc) is 1.59. The van der Waals surface area contributed by atoms with Crippen molar-refractivity contribution in [1.82, 2.24) is 0 Å². The maximum atomic E-state index is 9.64. The van der Waals surface area contributed by atoms with Crippen LogP contribution in [0, 0.1) is 0 Å². The third-order valence-corrected chi connectivity index (χ3v) is 0.364. The van der Waals surface area contributed by atoms with Crippen molar-refractivity contribution in [3.05, 3.63) is 0 Å². The van der Waals surface area contributed by atoms with Crippen LogP contribution >= 0.6 is 7.82 Å². The predicted octanol–water partition coefficient (Wildman–Crippen LogP) is -9.30. The molecule has 0 spiro atoms. The number of carbonyl (C=O) groups excluding carboxylic acids is 1. The summed E-state index contributed by atoms with van der Waals surface area (Å²) in [6.07, 6.45) is -1.79. The molecule has 13 heavy (non-hydrogen) atoms. The van der Waals surface area contributed by atoms with E-state index in [2.05, 4.69) is 0 Å². The first-order chi connectivity index (χ1) is 4.64. The molecule has 3 N–H and O–H groups in total. The van der Waals surface area contributed by atoms with Gasteiger partial charge in [-0.2, -0.15) is 0 Å². The summed E-state index contributed by atoms with van der Waals surface area (Å²) in [7, 11) is -5.14. The summed E-state index contributed by atoms with van der Waals surface area (Å²) in [4.78, 5) is 33.9. The van der Waals surface area contributed by atoms with Gasteiger partial charge in [-0.3, -0.25) is 4.79 Å². The Morgan fingerprint density at radius 3 is 1.38 bits per heavy atom. The Labute approximate surface area is 98.8 Å². The van der Waals surface area contributed by atoms with Crippen molar-refractivity contribution < 1.29 is 72.0 Å². The number of rotatable bonds is 1. The number of phosphoric acid groups is 1. The van der Waals surface area contributed by atoms with Crippen LogP contribution in [0.15, 0.2) is 0 Å². The summed E-state index contributed by atoms with van der Waals surface area (Å²) < 4.78 is 8.66. The normalized spacial score (nSPS) is 8.85. The minimum absolute atomic E-state index is 0. The molecular weight excluding hydrogens is 193 g/mol. The molecule has 0 amide bonds. The molecule has 0 aromatic heterocycles. The molecule has 0 unspecified atom stereocenters. The van der Waals surface area contributed by atoms with Crippen LogP contribution in [0.1, 0.15) is 6.92 Å². The Morgan fingerprint density at radius 1 is 1.31 bits per heavy atom. The van der Waals surface area contributed by atoms with E-state index in [-0.39, 0.29) is 37.7 Å². The van der Waals surface area contributed by atoms with Crippen LogP contribution in [0.2, 0.25) is 0 Å². The summed E-state index contributed by atoms with van der Waals surface area (Å²) in [5.74, 6) is -0.630. The first-order valence-electron chi connectivity index (χ1n) is 2.26. The van der Waals surface area contributed by atoms with Crippen molar-refractivity contribution in [2.45, 2.75) is 13.2 Å². The van der Waals surface area contributed by atoms with Gasteiger partial charge in [0.1, 0.15) is 0 Å². The fourth-order valence-electron chi connectivity index (χ4n) is 0. The van der Waals surface area contributed by atoms with Crippen molar-refractivity contribution in [3.63, 3.8) is 0 Å². The minimum atomic E-state index is -5.14. The van der Waals surface area contributed by atoms with Crippen molar-refractivity contribution in [1.29, 1.82) is 0 Å². The van der Waals surface area contributed by atoms with E-state index in [1.54, 1.807) is 0 Å². The molecule has 0 aromatic rings. The van der Waals surface area contributed by atoms with E-state index in [9.17, 15) is 4.79 Å². The number of aliphatic hydroxyl groups is 2. The van der Waals surface area contributed by atoms with Gasteiger partial charge in [0, 0.05) is 0 Å². The molecule has 0 saturated carbocycles. The van der Waals surface area contributed by atoms with Gasteiger partial charge in [0.15, 0.2) is 5.78 Å². The molecule has 0 saturated heterocycles. The first-order valence-corrected chi connectivity index (χ1v) is 3.75. The molecule has 0 rings (SSSR count). The first kappa shape index (κ1) is 23.6. The number of ketones is 1. The number of hydrogen-bond acceptors (Lipinski definition) is 6. The topological polar surface area (TPSA) is 141 Å². The smallest absolute Gasteiger partial charge is 0.790 e. The Hall–Kier alpha value is 0.895. The van der Waals surface area contributed by atoms with Gasteiger partial charge in [0.05, 0.1) is 7.82 Å². The molecule has 0 bridgehead atoms. The SMILES string of the molecule is CC(=O)C(O)O.O=P([O-])([O-])O.[Li+].[Li+]. The van der Waals surface area contributed by atoms with E-state index in [1.165, 1.54) is 0 Å². The maximum absolute atomic E-state index is 9.64. The number of Topliss-reactive ketones (excluding diaryl/α,β-unsaturated/α-hetero) is 1. The molecule has 68 valence electrons. The molecule has 0 radical (unpaired) electrons. The van der Waals surface area contributed by atoms with Gasteiger partial charge in [-0.1, -0.05) is 0 Å². The molecule has 0 aromatic carbocycles. The molecule has 0 atom stereocenters. The molecule has 0 heterocycles. The minimum Gasteiger partial charge on any atom is -0.790 e. The van der Waals surface area contributed by atoms with E-state index >= 15 is 0 Å². The zero-order chi connectivity index (χ0) is 9.65. The third kappa shape index (κ3) is 63.9. The second-order valence-corrected chi connectivity index (χ2v) is 2.39. The van der Waals surface area contributed by atoms with Crippen molar-refractivity contribution in [2.24, 2.45) is 0 Å². The van der Waals surface area contributed by atoms with Gasteiger partial charge >= 0.3 is 37.7 Å². The van der Waals surface area contributed by atoms with E-state index in [1.807, 2.05) is 0 Å². The van der Waals surface area contributed by atoms with Gasteiger partial charge in [-0.15, -0.1) is 0 Å². The van der Waals surface area contributed by atoms with Crippen molar-refractivity contribution in [2.75, 3.05) is 0 Å². The average molecular weight is 200 g/mol. The van der Waals surface area contributed by atoms with Crippen LogP contribution in [0.4, 0.5) is 0 Å². The fourth-order valence-corrected chi connectivity index (χ4v) is 0. The van der Waals surface area contributed by atoms with Crippen LogP contribution in [-0.2, 0) is 9.36 Å². The largest absolute Gasteiger partial charge is 1.00 e. The van der Waals surface area contributed by atoms with Crippen LogP contribution in [0.25, 0.3) is 0 Å². The summed E-state index contributed by atoms with van der Waals surface area (Å²) in [5, 5.41) is 15.7. The van der Waals surface area contributed by atoms with Crippen LogP contribution in [0.3, 0.4) is 0 Å². The van der Waals surface area contributed by atoms with Gasteiger partial charge in [0.25, 0.3) is 0 Å². The molecule has 0 fully saturated rings. The van der Waals surface area contributed by atoms with Gasteiger partial charge in [0.2, 0.25) is 6.29 Å². The number of carbonyl (C=O) groups is 1. The summed E-state index contributed by atoms with van der Waals surface area (Å²) in [6.45, 7) is 1.10. The quantitative estimate of drug-likeness (QED) is 0.216. The summed E-state index contributed by atoms with van der Waals surface area (Å²) in [6, 6.07) is 0. The van der Waals surface area contributed by atoms with Gasteiger partial charge < -0.3 is 29.5 Å². The molecule has 10 heteroatoms. The Balaban J connectivity index is -0.0000000546. The predicted molar refractivity (Wildman–Crippen MR) is 28.7 cm³/mol. The van der Waals surface area contributed by atoms with E-state index in [4.69, 9.17) is 29.5 Å². The molecule has 0 aliphatic carbocycles. The van der Waals surface area contributed by atoms with E-state index < -0.39 is 19.9 Å². The van der Waals surface area contributed by atoms with Crippen LogP contribution in [0.5, 0.6) is 0 Å². The second-order valence-electron chi connectivity index (χ2n) is 1.45.